The molecule has 4 aromatic rings. The lowest BCUT2D eigenvalue weighted by atomic mass is 10.1. The molecule has 1 amide bonds. The van der Waals surface area contributed by atoms with Crippen molar-refractivity contribution in [2.75, 3.05) is 17.7 Å². The number of carbonyl (C=O) groups excluding carboxylic acids is 1. The third-order valence-corrected chi connectivity index (χ3v) is 8.87. The number of nitrogens with one attached hydrogen (secondary N) is 1. The number of nitrogens with zero attached hydrogens (tertiary/aromatic N) is 1. The lowest BCUT2D eigenvalue weighted by Gasteiger charge is -2.14. The van der Waals surface area contributed by atoms with Crippen LogP contribution in [0.3, 0.4) is 0 Å². The number of rotatable bonds is 12. The molecule has 11 heteroatoms. The van der Waals surface area contributed by atoms with Crippen molar-refractivity contribution in [1.82, 2.24) is 4.98 Å². The van der Waals surface area contributed by atoms with Crippen molar-refractivity contribution in [1.29, 1.82) is 0 Å². The minimum Gasteiger partial charge on any atom is -0.480 e. The molecule has 2 N–H and O–H groups in total. The van der Waals surface area contributed by atoms with E-state index in [0.29, 0.717) is 23.4 Å². The normalized spacial score (nSPS) is 11.5. The van der Waals surface area contributed by atoms with Crippen LogP contribution in [-0.2, 0) is 21.1 Å². The number of aromatic nitrogens is 1. The molecule has 0 saturated heterocycles. The second-order valence-corrected chi connectivity index (χ2v) is 12.9. The van der Waals surface area contributed by atoms with Crippen molar-refractivity contribution in [2.24, 2.45) is 0 Å². The summed E-state index contributed by atoms with van der Waals surface area (Å²) in [5, 5.41) is 13.2. The van der Waals surface area contributed by atoms with Crippen LogP contribution in [0.2, 0.25) is 5.02 Å². The van der Waals surface area contributed by atoms with Crippen LogP contribution in [-0.4, -0.2) is 42.7 Å². The number of hydrogen-bond donors (Lipinski definition) is 2. The van der Waals surface area contributed by atoms with E-state index >= 15 is 0 Å². The summed E-state index contributed by atoms with van der Waals surface area (Å²) in [6.45, 7) is 1.41. The lowest BCUT2D eigenvalue weighted by molar-refractivity contribution is -0.139. The molecule has 8 nitrogen and oxygen atoms in total. The van der Waals surface area contributed by atoms with Gasteiger partial charge in [-0.05, 0) is 85.5 Å². The molecule has 0 unspecified atom stereocenters. The molecule has 0 fully saturated rings. The van der Waals surface area contributed by atoms with Crippen LogP contribution in [0, 0.1) is 6.92 Å². The minimum absolute atomic E-state index is 0.0729. The molecule has 0 aliphatic rings. The Morgan fingerprint density at radius 1 is 1.05 bits per heavy atom. The van der Waals surface area contributed by atoms with E-state index < -0.39 is 28.3 Å². The molecule has 0 aliphatic heterocycles. The zero-order valence-electron chi connectivity index (χ0n) is 22.0. The van der Waals surface area contributed by atoms with Crippen molar-refractivity contribution in [3.63, 3.8) is 0 Å². The summed E-state index contributed by atoms with van der Waals surface area (Å²) in [7, 11) is -3.49. The van der Waals surface area contributed by atoms with Crippen molar-refractivity contribution in [2.45, 2.75) is 24.7 Å². The number of carboxylic acids is 1. The van der Waals surface area contributed by atoms with Gasteiger partial charge in [0.05, 0.1) is 16.3 Å². The molecule has 0 atom stereocenters. The first-order valence-electron chi connectivity index (χ1n) is 12.6. The predicted octanol–water partition coefficient (Wildman–Crippen LogP) is 6.40. The summed E-state index contributed by atoms with van der Waals surface area (Å²) in [5.41, 5.74) is 2.34. The van der Waals surface area contributed by atoms with E-state index in [1.807, 2.05) is 37.4 Å². The molecule has 0 saturated carbocycles. The summed E-state index contributed by atoms with van der Waals surface area (Å²) < 4.78 is 30.7. The molecular formula is C30H27ClN2O6S2. The Balaban J connectivity index is 1.44. The van der Waals surface area contributed by atoms with E-state index in [1.54, 1.807) is 41.7 Å². The number of thiazole rings is 1. The molecule has 41 heavy (non-hydrogen) atoms. The highest BCUT2D eigenvalue weighted by atomic mass is 35.5. The van der Waals surface area contributed by atoms with Gasteiger partial charge in [0.2, 0.25) is 0 Å². The minimum atomic E-state index is -3.49. The molecule has 0 spiro atoms. The number of carbonyl (C=O) groups is 2. The van der Waals surface area contributed by atoms with Gasteiger partial charge in [0.25, 0.3) is 5.91 Å². The first-order chi connectivity index (χ1) is 19.6. The Kier molecular flexibility index (Phi) is 9.93. The van der Waals surface area contributed by atoms with Crippen molar-refractivity contribution in [3.8, 4) is 5.75 Å². The SMILES string of the molecule is Cc1cnc(C=Cc2ccc(C(=O)Nc3cc(CCCS(=O)(=O)c4ccc(Cl)cc4)ccc3OCC(=O)O)cc2)s1. The molecule has 1 aromatic heterocycles. The number of benzene rings is 3. The summed E-state index contributed by atoms with van der Waals surface area (Å²) in [6.07, 6.45) is 6.38. The number of hydrogen-bond acceptors (Lipinski definition) is 7. The van der Waals surface area contributed by atoms with E-state index in [4.69, 9.17) is 21.4 Å². The Morgan fingerprint density at radius 2 is 1.78 bits per heavy atom. The van der Waals surface area contributed by atoms with Crippen LogP contribution >= 0.6 is 22.9 Å². The average molecular weight is 611 g/mol. The highest BCUT2D eigenvalue weighted by Crippen LogP contribution is 2.28. The quantitative estimate of drug-likeness (QED) is 0.190. The third-order valence-electron chi connectivity index (χ3n) is 5.92. The standard InChI is InChI=1S/C30H27ClN2O6S2/c1-20-18-32-28(40-20)15-7-21-4-8-23(9-5-21)30(36)33-26-17-22(6-14-27(26)39-19-29(34)35)3-2-16-41(37,38)25-12-10-24(31)11-13-25/h4-15,17-18H,2-3,16,19H2,1H3,(H,33,36)(H,34,35). The van der Waals surface area contributed by atoms with Gasteiger partial charge in [-0.15, -0.1) is 11.3 Å². The first kappa shape index (κ1) is 30.0. The van der Waals surface area contributed by atoms with Gasteiger partial charge in [0.1, 0.15) is 10.8 Å². The van der Waals surface area contributed by atoms with Crippen LogP contribution in [0.5, 0.6) is 5.75 Å². The van der Waals surface area contributed by atoms with E-state index in [0.717, 1.165) is 21.0 Å². The summed E-state index contributed by atoms with van der Waals surface area (Å²) in [5.74, 6) is -1.44. The fourth-order valence-electron chi connectivity index (χ4n) is 3.88. The molecule has 4 rings (SSSR count). The largest absolute Gasteiger partial charge is 0.480 e. The van der Waals surface area contributed by atoms with E-state index in [1.165, 1.54) is 24.3 Å². The summed E-state index contributed by atoms with van der Waals surface area (Å²) in [4.78, 5) is 29.7. The van der Waals surface area contributed by atoms with Gasteiger partial charge < -0.3 is 15.2 Å². The molecule has 1 heterocycles. The molecule has 3 aromatic carbocycles. The highest BCUT2D eigenvalue weighted by molar-refractivity contribution is 7.91. The van der Waals surface area contributed by atoms with E-state index in [-0.39, 0.29) is 22.1 Å². The van der Waals surface area contributed by atoms with Gasteiger partial charge in [-0.1, -0.05) is 35.9 Å². The Hall–Kier alpha value is -3.99. The van der Waals surface area contributed by atoms with Crippen LogP contribution in [0.25, 0.3) is 12.2 Å². The van der Waals surface area contributed by atoms with Gasteiger partial charge in [-0.3, -0.25) is 4.79 Å². The number of aliphatic carboxylic acids is 1. The molecule has 212 valence electrons. The highest BCUT2D eigenvalue weighted by Gasteiger charge is 2.16. The fraction of sp³-hybridized carbons (Fsp3) is 0.167. The number of carboxylic acid groups (broad SMARTS) is 1. The monoisotopic (exact) mass is 610 g/mol. The zero-order chi connectivity index (χ0) is 29.4. The van der Waals surface area contributed by atoms with Gasteiger partial charge >= 0.3 is 5.97 Å². The van der Waals surface area contributed by atoms with Gasteiger partial charge in [0.15, 0.2) is 16.4 Å². The van der Waals surface area contributed by atoms with Gasteiger partial charge in [-0.2, -0.15) is 0 Å². The van der Waals surface area contributed by atoms with Crippen molar-refractivity contribution in [3.05, 3.63) is 105 Å². The molecule has 0 radical (unpaired) electrons. The Bertz CT molecular complexity index is 1660. The van der Waals surface area contributed by atoms with E-state index in [2.05, 4.69) is 10.3 Å². The van der Waals surface area contributed by atoms with Crippen molar-refractivity contribution >= 4 is 62.5 Å². The fourth-order valence-corrected chi connectivity index (χ4v) is 5.99. The van der Waals surface area contributed by atoms with E-state index in [9.17, 15) is 18.0 Å². The third kappa shape index (κ3) is 8.75. The number of ether oxygens (including phenoxy) is 1. The van der Waals surface area contributed by atoms with Crippen LogP contribution < -0.4 is 10.1 Å². The van der Waals surface area contributed by atoms with Crippen molar-refractivity contribution < 1.29 is 27.9 Å². The molecule has 0 bridgehead atoms. The number of anilines is 1. The first-order valence-corrected chi connectivity index (χ1v) is 15.4. The maximum Gasteiger partial charge on any atom is 0.341 e. The predicted molar refractivity (Wildman–Crippen MR) is 162 cm³/mol. The smallest absolute Gasteiger partial charge is 0.341 e. The Labute approximate surface area is 247 Å². The Morgan fingerprint density at radius 3 is 2.44 bits per heavy atom. The second kappa shape index (κ2) is 13.6. The zero-order valence-corrected chi connectivity index (χ0v) is 24.4. The number of amides is 1. The second-order valence-electron chi connectivity index (χ2n) is 9.11. The number of halogens is 1. The van der Waals surface area contributed by atoms with Crippen LogP contribution in [0.15, 0.2) is 77.8 Å². The van der Waals surface area contributed by atoms with Gasteiger partial charge in [-0.25, -0.2) is 18.2 Å². The summed E-state index contributed by atoms with van der Waals surface area (Å²) >= 11 is 7.44. The maximum atomic E-state index is 13.0. The summed E-state index contributed by atoms with van der Waals surface area (Å²) in [6, 6.07) is 18.0. The van der Waals surface area contributed by atoms with Crippen LogP contribution in [0.4, 0.5) is 5.69 Å². The maximum absolute atomic E-state index is 13.0. The molecular weight excluding hydrogens is 584 g/mol. The topological polar surface area (TPSA) is 123 Å². The number of aryl methyl sites for hydroxylation is 2. The number of sulfone groups is 1. The molecule has 0 aliphatic carbocycles. The lowest BCUT2D eigenvalue weighted by Crippen LogP contribution is -2.15. The van der Waals surface area contributed by atoms with Gasteiger partial charge in [0, 0.05) is 21.7 Å². The average Bonchev–Trinajstić information content (AvgIpc) is 3.36. The van der Waals surface area contributed by atoms with Crippen LogP contribution in [0.1, 0.15) is 37.8 Å².